The molecule has 0 aliphatic carbocycles. The molecule has 1 aromatic carbocycles. The number of rotatable bonds is 14. The standard InChI is InChI=1S/C20H33NO2/c1-23-17-13-8-6-4-2-3-5-7-12-16-20(22)21-18-19-14-10-9-11-15-19/h9-11,14-15H,2-8,12-13,16-18H2,1H3,(H,21,22). The second kappa shape index (κ2) is 14.3. The number of ether oxygens (including phenoxy) is 1. The van der Waals surface area contributed by atoms with Gasteiger partial charge in [0.2, 0.25) is 5.91 Å². The number of methoxy groups -OCH3 is 1. The Morgan fingerprint density at radius 1 is 0.870 bits per heavy atom. The molecule has 23 heavy (non-hydrogen) atoms. The Hall–Kier alpha value is -1.35. The van der Waals surface area contributed by atoms with Gasteiger partial charge in [-0.1, -0.05) is 75.3 Å². The molecule has 0 fully saturated rings. The van der Waals surface area contributed by atoms with E-state index in [9.17, 15) is 4.79 Å². The lowest BCUT2D eigenvalue weighted by molar-refractivity contribution is -0.121. The molecule has 0 heterocycles. The normalized spacial score (nSPS) is 10.7. The van der Waals surface area contributed by atoms with Gasteiger partial charge in [0.15, 0.2) is 0 Å². The summed E-state index contributed by atoms with van der Waals surface area (Å²) in [6.45, 7) is 1.54. The molecule has 0 aromatic heterocycles. The van der Waals surface area contributed by atoms with Gasteiger partial charge >= 0.3 is 0 Å². The molecule has 0 spiro atoms. The Labute approximate surface area is 141 Å². The predicted octanol–water partition coefficient (Wildman–Crippen LogP) is 4.85. The van der Waals surface area contributed by atoms with Crippen LogP contribution in [0.2, 0.25) is 0 Å². The van der Waals surface area contributed by atoms with E-state index in [-0.39, 0.29) is 5.91 Å². The fraction of sp³-hybridized carbons (Fsp3) is 0.650. The van der Waals surface area contributed by atoms with Crippen LogP contribution in [-0.2, 0) is 16.1 Å². The van der Waals surface area contributed by atoms with Gasteiger partial charge in [-0.05, 0) is 18.4 Å². The number of carbonyl (C=O) groups is 1. The van der Waals surface area contributed by atoms with Crippen LogP contribution in [0.3, 0.4) is 0 Å². The van der Waals surface area contributed by atoms with Crippen LogP contribution >= 0.6 is 0 Å². The van der Waals surface area contributed by atoms with Gasteiger partial charge in [-0.25, -0.2) is 0 Å². The van der Waals surface area contributed by atoms with Gasteiger partial charge < -0.3 is 10.1 Å². The summed E-state index contributed by atoms with van der Waals surface area (Å²) < 4.78 is 5.04. The van der Waals surface area contributed by atoms with E-state index in [1.807, 2.05) is 30.3 Å². The average Bonchev–Trinajstić information content (AvgIpc) is 2.59. The van der Waals surface area contributed by atoms with Crippen molar-refractivity contribution in [3.05, 3.63) is 35.9 Å². The summed E-state index contributed by atoms with van der Waals surface area (Å²) in [6.07, 6.45) is 11.9. The van der Waals surface area contributed by atoms with E-state index in [4.69, 9.17) is 4.74 Å². The van der Waals surface area contributed by atoms with Crippen molar-refractivity contribution in [1.82, 2.24) is 5.32 Å². The molecule has 0 unspecified atom stereocenters. The summed E-state index contributed by atoms with van der Waals surface area (Å²) >= 11 is 0. The lowest BCUT2D eigenvalue weighted by atomic mass is 10.1. The van der Waals surface area contributed by atoms with Crippen LogP contribution < -0.4 is 5.32 Å². The van der Waals surface area contributed by atoms with Crippen LogP contribution in [0.5, 0.6) is 0 Å². The van der Waals surface area contributed by atoms with Crippen molar-refractivity contribution in [2.24, 2.45) is 0 Å². The minimum absolute atomic E-state index is 0.173. The fourth-order valence-corrected chi connectivity index (χ4v) is 2.65. The second-order valence-electron chi connectivity index (χ2n) is 6.19. The summed E-state index contributed by atoms with van der Waals surface area (Å²) in [5, 5.41) is 2.99. The molecular weight excluding hydrogens is 286 g/mol. The smallest absolute Gasteiger partial charge is 0.220 e. The molecule has 0 saturated carbocycles. The Bertz CT molecular complexity index is 392. The molecule has 0 bridgehead atoms. The Kier molecular flexibility index (Phi) is 12.2. The quantitative estimate of drug-likeness (QED) is 0.498. The average molecular weight is 319 g/mol. The Balaban J connectivity index is 1.84. The van der Waals surface area contributed by atoms with Crippen molar-refractivity contribution >= 4 is 5.91 Å². The minimum Gasteiger partial charge on any atom is -0.385 e. The third-order valence-corrected chi connectivity index (χ3v) is 4.08. The van der Waals surface area contributed by atoms with Gasteiger partial charge in [-0.15, -0.1) is 0 Å². The lowest BCUT2D eigenvalue weighted by Gasteiger charge is -2.05. The van der Waals surface area contributed by atoms with Gasteiger partial charge in [-0.2, -0.15) is 0 Å². The van der Waals surface area contributed by atoms with E-state index in [0.29, 0.717) is 13.0 Å². The van der Waals surface area contributed by atoms with E-state index < -0.39 is 0 Å². The molecule has 0 saturated heterocycles. The molecule has 0 aliphatic rings. The molecule has 3 heteroatoms. The lowest BCUT2D eigenvalue weighted by Crippen LogP contribution is -2.22. The van der Waals surface area contributed by atoms with Crippen LogP contribution in [-0.4, -0.2) is 19.6 Å². The van der Waals surface area contributed by atoms with Crippen molar-refractivity contribution in [1.29, 1.82) is 0 Å². The minimum atomic E-state index is 0.173. The maximum atomic E-state index is 11.8. The van der Waals surface area contributed by atoms with Gasteiger partial charge in [0.05, 0.1) is 0 Å². The highest BCUT2D eigenvalue weighted by Gasteiger charge is 2.01. The fourth-order valence-electron chi connectivity index (χ4n) is 2.65. The van der Waals surface area contributed by atoms with Gasteiger partial charge in [0.1, 0.15) is 0 Å². The predicted molar refractivity (Wildman–Crippen MR) is 96.3 cm³/mol. The third kappa shape index (κ3) is 11.8. The molecule has 0 radical (unpaired) electrons. The summed E-state index contributed by atoms with van der Waals surface area (Å²) in [4.78, 5) is 11.8. The van der Waals surface area contributed by atoms with Crippen LogP contribution in [0, 0.1) is 0 Å². The van der Waals surface area contributed by atoms with E-state index in [1.54, 1.807) is 7.11 Å². The number of unbranched alkanes of at least 4 members (excludes halogenated alkanes) is 8. The summed E-state index contributed by atoms with van der Waals surface area (Å²) in [5.74, 6) is 0.173. The van der Waals surface area contributed by atoms with Crippen LogP contribution in [0.1, 0.15) is 69.8 Å². The molecule has 1 amide bonds. The molecule has 1 rings (SSSR count). The van der Waals surface area contributed by atoms with Crippen LogP contribution in [0.4, 0.5) is 0 Å². The van der Waals surface area contributed by atoms with Gasteiger partial charge in [-0.3, -0.25) is 4.79 Å². The third-order valence-electron chi connectivity index (χ3n) is 4.08. The van der Waals surface area contributed by atoms with E-state index in [0.717, 1.165) is 18.6 Å². The number of carbonyl (C=O) groups excluding carboxylic acids is 1. The zero-order chi connectivity index (χ0) is 16.6. The monoisotopic (exact) mass is 319 g/mol. The number of hydrogen-bond donors (Lipinski definition) is 1. The molecule has 3 nitrogen and oxygen atoms in total. The first kappa shape index (κ1) is 19.7. The van der Waals surface area contributed by atoms with Gasteiger partial charge in [0.25, 0.3) is 0 Å². The zero-order valence-electron chi connectivity index (χ0n) is 14.7. The first-order valence-electron chi connectivity index (χ1n) is 9.12. The first-order chi connectivity index (χ1) is 11.3. The highest BCUT2D eigenvalue weighted by Crippen LogP contribution is 2.10. The Morgan fingerprint density at radius 3 is 2.04 bits per heavy atom. The maximum absolute atomic E-state index is 11.8. The van der Waals surface area contributed by atoms with Crippen molar-refractivity contribution < 1.29 is 9.53 Å². The largest absolute Gasteiger partial charge is 0.385 e. The van der Waals surface area contributed by atoms with Crippen LogP contribution in [0.25, 0.3) is 0 Å². The summed E-state index contributed by atoms with van der Waals surface area (Å²) in [7, 11) is 1.77. The number of hydrogen-bond acceptors (Lipinski definition) is 2. The molecular formula is C20H33NO2. The molecule has 0 atom stereocenters. The zero-order valence-corrected chi connectivity index (χ0v) is 14.7. The van der Waals surface area contributed by atoms with Gasteiger partial charge in [0, 0.05) is 26.7 Å². The van der Waals surface area contributed by atoms with E-state index in [1.165, 1.54) is 51.4 Å². The van der Waals surface area contributed by atoms with E-state index in [2.05, 4.69) is 5.32 Å². The van der Waals surface area contributed by atoms with Crippen molar-refractivity contribution in [3.63, 3.8) is 0 Å². The number of nitrogens with one attached hydrogen (secondary N) is 1. The topological polar surface area (TPSA) is 38.3 Å². The maximum Gasteiger partial charge on any atom is 0.220 e. The molecule has 1 aromatic rings. The summed E-state index contributed by atoms with van der Waals surface area (Å²) in [6, 6.07) is 10.1. The Morgan fingerprint density at radius 2 is 1.43 bits per heavy atom. The van der Waals surface area contributed by atoms with Crippen molar-refractivity contribution in [2.45, 2.75) is 70.8 Å². The molecule has 1 N–H and O–H groups in total. The second-order valence-corrected chi connectivity index (χ2v) is 6.19. The highest BCUT2D eigenvalue weighted by atomic mass is 16.5. The first-order valence-corrected chi connectivity index (χ1v) is 9.12. The molecule has 130 valence electrons. The van der Waals surface area contributed by atoms with Crippen molar-refractivity contribution in [2.75, 3.05) is 13.7 Å². The van der Waals surface area contributed by atoms with Crippen molar-refractivity contribution in [3.8, 4) is 0 Å². The summed E-state index contributed by atoms with van der Waals surface area (Å²) in [5.41, 5.74) is 1.16. The van der Waals surface area contributed by atoms with Crippen LogP contribution in [0.15, 0.2) is 30.3 Å². The highest BCUT2D eigenvalue weighted by molar-refractivity contribution is 5.75. The number of benzene rings is 1. The molecule has 0 aliphatic heterocycles. The van der Waals surface area contributed by atoms with E-state index >= 15 is 0 Å². The number of amides is 1. The SMILES string of the molecule is COCCCCCCCCCCCC(=O)NCc1ccccc1.